The number of carbonyl (C=O) groups is 1. The van der Waals surface area contributed by atoms with Gasteiger partial charge in [0.25, 0.3) is 0 Å². The largest absolute Gasteiger partial charge is 0.497 e. The maximum Gasteiger partial charge on any atom is 0.346 e. The van der Waals surface area contributed by atoms with Gasteiger partial charge < -0.3 is 14.8 Å². The second kappa shape index (κ2) is 5.64. The van der Waals surface area contributed by atoms with Gasteiger partial charge in [0.05, 0.1) is 25.6 Å². The second-order valence-electron chi connectivity index (χ2n) is 4.34. The molecule has 1 amide bonds. The number of hydrogen-bond acceptors (Lipinski definition) is 4. The lowest BCUT2D eigenvalue weighted by molar-refractivity contribution is 0.250. The molecule has 1 heterocycles. The molecule has 0 saturated heterocycles. The minimum absolute atomic E-state index is 0.345. The minimum Gasteiger partial charge on any atom is -0.497 e. The Hall–Kier alpha value is -2.50. The predicted octanol–water partition coefficient (Wildman–Crippen LogP) is 2.60. The van der Waals surface area contributed by atoms with Gasteiger partial charge in [-0.1, -0.05) is 0 Å². The smallest absolute Gasteiger partial charge is 0.346 e. The van der Waals surface area contributed by atoms with Crippen molar-refractivity contribution in [1.82, 2.24) is 9.78 Å². The van der Waals surface area contributed by atoms with Gasteiger partial charge in [0.2, 0.25) is 0 Å². The van der Waals surface area contributed by atoms with E-state index in [2.05, 4.69) is 10.4 Å². The molecule has 20 heavy (non-hydrogen) atoms. The Kier molecular flexibility index (Phi) is 3.93. The van der Waals surface area contributed by atoms with Crippen LogP contribution in [-0.4, -0.2) is 30.0 Å². The quantitative estimate of drug-likeness (QED) is 0.935. The van der Waals surface area contributed by atoms with E-state index in [1.165, 1.54) is 4.68 Å². The highest BCUT2D eigenvalue weighted by molar-refractivity contribution is 5.92. The third-order valence-electron chi connectivity index (χ3n) is 2.85. The zero-order valence-electron chi connectivity index (χ0n) is 11.9. The molecule has 0 unspecified atom stereocenters. The van der Waals surface area contributed by atoms with Crippen molar-refractivity contribution < 1.29 is 14.3 Å². The Bertz CT molecular complexity index is 635. The van der Waals surface area contributed by atoms with Crippen LogP contribution in [0.15, 0.2) is 24.3 Å². The molecular formula is C14H17N3O3. The molecule has 0 radical (unpaired) electrons. The van der Waals surface area contributed by atoms with Crippen molar-refractivity contribution >= 4 is 11.7 Å². The van der Waals surface area contributed by atoms with Crippen molar-refractivity contribution in [1.29, 1.82) is 0 Å². The molecular weight excluding hydrogens is 258 g/mol. The van der Waals surface area contributed by atoms with Crippen molar-refractivity contribution in [3.63, 3.8) is 0 Å². The fourth-order valence-electron chi connectivity index (χ4n) is 1.91. The van der Waals surface area contributed by atoms with E-state index in [0.29, 0.717) is 17.2 Å². The van der Waals surface area contributed by atoms with Crippen LogP contribution < -0.4 is 14.8 Å². The van der Waals surface area contributed by atoms with Gasteiger partial charge in [-0.05, 0) is 32.0 Å². The lowest BCUT2D eigenvalue weighted by atomic mass is 10.2. The van der Waals surface area contributed by atoms with Gasteiger partial charge in [-0.25, -0.2) is 4.79 Å². The van der Waals surface area contributed by atoms with E-state index >= 15 is 0 Å². The van der Waals surface area contributed by atoms with Crippen molar-refractivity contribution in [3.05, 3.63) is 35.7 Å². The van der Waals surface area contributed by atoms with E-state index in [1.54, 1.807) is 32.4 Å². The molecule has 0 aliphatic rings. The average Bonchev–Trinajstić information content (AvgIpc) is 2.77. The lowest BCUT2D eigenvalue weighted by Gasteiger charge is -2.12. The Balaban J connectivity index is 2.29. The molecule has 106 valence electrons. The van der Waals surface area contributed by atoms with Crippen LogP contribution in [0.2, 0.25) is 0 Å². The molecule has 0 aliphatic carbocycles. The lowest BCUT2D eigenvalue weighted by Crippen LogP contribution is -2.22. The summed E-state index contributed by atoms with van der Waals surface area (Å²) in [7, 11) is 3.11. The molecule has 0 saturated carbocycles. The highest BCUT2D eigenvalue weighted by atomic mass is 16.5. The number of methoxy groups -OCH3 is 2. The first-order valence-corrected chi connectivity index (χ1v) is 6.12. The van der Waals surface area contributed by atoms with Gasteiger partial charge in [0.15, 0.2) is 0 Å². The van der Waals surface area contributed by atoms with Crippen LogP contribution in [0.25, 0.3) is 0 Å². The first-order chi connectivity index (χ1) is 9.55. The van der Waals surface area contributed by atoms with E-state index < -0.39 is 0 Å². The fraction of sp³-hybridized carbons (Fsp3) is 0.286. The van der Waals surface area contributed by atoms with E-state index in [9.17, 15) is 4.79 Å². The summed E-state index contributed by atoms with van der Waals surface area (Å²) >= 11 is 0. The molecule has 1 N–H and O–H groups in total. The SMILES string of the molecule is COc1ccc(OC)c(NC(=O)n2nc(C)cc2C)c1. The molecule has 0 bridgehead atoms. The maximum atomic E-state index is 12.2. The van der Waals surface area contributed by atoms with Gasteiger partial charge in [-0.15, -0.1) is 0 Å². The summed E-state index contributed by atoms with van der Waals surface area (Å²) in [6.07, 6.45) is 0. The van der Waals surface area contributed by atoms with Gasteiger partial charge in [-0.3, -0.25) is 0 Å². The molecule has 0 spiro atoms. The summed E-state index contributed by atoms with van der Waals surface area (Å²) in [5.41, 5.74) is 2.08. The normalized spacial score (nSPS) is 10.2. The topological polar surface area (TPSA) is 65.4 Å². The van der Waals surface area contributed by atoms with E-state index in [-0.39, 0.29) is 6.03 Å². The summed E-state index contributed by atoms with van der Waals surface area (Å²) < 4.78 is 11.7. The summed E-state index contributed by atoms with van der Waals surface area (Å²) in [4.78, 5) is 12.2. The fourth-order valence-corrected chi connectivity index (χ4v) is 1.91. The molecule has 0 fully saturated rings. The molecule has 1 aromatic carbocycles. The molecule has 2 rings (SSSR count). The number of ether oxygens (including phenoxy) is 2. The first kappa shape index (κ1) is 13.9. The van der Waals surface area contributed by atoms with Crippen LogP contribution in [0.4, 0.5) is 10.5 Å². The van der Waals surface area contributed by atoms with Crippen LogP contribution >= 0.6 is 0 Å². The van der Waals surface area contributed by atoms with Gasteiger partial charge in [0, 0.05) is 11.8 Å². The Morgan fingerprint density at radius 2 is 1.95 bits per heavy atom. The monoisotopic (exact) mass is 275 g/mol. The van der Waals surface area contributed by atoms with Crippen LogP contribution in [-0.2, 0) is 0 Å². The van der Waals surface area contributed by atoms with Crippen molar-refractivity contribution in [2.45, 2.75) is 13.8 Å². The summed E-state index contributed by atoms with van der Waals surface area (Å²) in [5.74, 6) is 1.19. The number of aromatic nitrogens is 2. The van der Waals surface area contributed by atoms with Crippen LogP contribution in [0, 0.1) is 13.8 Å². The second-order valence-corrected chi connectivity index (χ2v) is 4.34. The number of nitrogens with zero attached hydrogens (tertiary/aromatic N) is 2. The standard InChI is InChI=1S/C14H17N3O3/c1-9-7-10(2)17(16-9)14(18)15-12-8-11(19-3)5-6-13(12)20-4/h5-8H,1-4H3,(H,15,18). The molecule has 0 atom stereocenters. The van der Waals surface area contributed by atoms with E-state index in [0.717, 1.165) is 11.4 Å². The van der Waals surface area contributed by atoms with Crippen LogP contribution in [0.5, 0.6) is 11.5 Å². The minimum atomic E-state index is -0.345. The third-order valence-corrected chi connectivity index (χ3v) is 2.85. The number of rotatable bonds is 3. The molecule has 6 nitrogen and oxygen atoms in total. The van der Waals surface area contributed by atoms with Crippen LogP contribution in [0.3, 0.4) is 0 Å². The molecule has 0 aliphatic heterocycles. The number of anilines is 1. The highest BCUT2D eigenvalue weighted by Gasteiger charge is 2.13. The molecule has 6 heteroatoms. The molecule has 1 aromatic heterocycles. The Morgan fingerprint density at radius 1 is 1.20 bits per heavy atom. The summed E-state index contributed by atoms with van der Waals surface area (Å²) in [6.45, 7) is 3.66. The first-order valence-electron chi connectivity index (χ1n) is 6.12. The molecule has 2 aromatic rings. The van der Waals surface area contributed by atoms with Gasteiger partial charge in [0.1, 0.15) is 11.5 Å². The van der Waals surface area contributed by atoms with E-state index in [4.69, 9.17) is 9.47 Å². The van der Waals surface area contributed by atoms with Crippen molar-refractivity contribution in [2.75, 3.05) is 19.5 Å². The Morgan fingerprint density at radius 3 is 2.50 bits per heavy atom. The summed E-state index contributed by atoms with van der Waals surface area (Å²) in [5, 5.41) is 6.90. The Labute approximate surface area is 117 Å². The van der Waals surface area contributed by atoms with E-state index in [1.807, 2.05) is 19.9 Å². The highest BCUT2D eigenvalue weighted by Crippen LogP contribution is 2.29. The maximum absolute atomic E-state index is 12.2. The van der Waals surface area contributed by atoms with Crippen molar-refractivity contribution in [2.24, 2.45) is 0 Å². The number of hydrogen-bond donors (Lipinski definition) is 1. The average molecular weight is 275 g/mol. The zero-order chi connectivity index (χ0) is 14.7. The number of nitrogens with one attached hydrogen (secondary N) is 1. The summed E-state index contributed by atoms with van der Waals surface area (Å²) in [6, 6.07) is 6.68. The predicted molar refractivity (Wildman–Crippen MR) is 75.7 cm³/mol. The number of benzene rings is 1. The number of aryl methyl sites for hydroxylation is 2. The van der Waals surface area contributed by atoms with Crippen molar-refractivity contribution in [3.8, 4) is 11.5 Å². The third kappa shape index (κ3) is 2.74. The van der Waals surface area contributed by atoms with Gasteiger partial charge in [-0.2, -0.15) is 9.78 Å². The zero-order valence-corrected chi connectivity index (χ0v) is 11.9. The van der Waals surface area contributed by atoms with Gasteiger partial charge >= 0.3 is 6.03 Å². The number of amides is 1. The number of carbonyl (C=O) groups excluding carboxylic acids is 1. The van der Waals surface area contributed by atoms with Crippen LogP contribution in [0.1, 0.15) is 11.4 Å².